The highest BCUT2D eigenvalue weighted by molar-refractivity contribution is 5.27. The number of rotatable bonds is 6. The van der Waals surface area contributed by atoms with Crippen molar-refractivity contribution in [2.45, 2.75) is 19.3 Å². The van der Waals surface area contributed by atoms with Crippen molar-refractivity contribution in [3.8, 4) is 5.75 Å². The summed E-state index contributed by atoms with van der Waals surface area (Å²) in [4.78, 5) is 0. The van der Waals surface area contributed by atoms with E-state index in [4.69, 9.17) is 5.11 Å². The SMILES string of the molecule is OCCCNCc1ccc(OC(F)(F)F)cc1. The van der Waals surface area contributed by atoms with E-state index in [1.807, 2.05) is 0 Å². The van der Waals surface area contributed by atoms with E-state index in [1.165, 1.54) is 12.1 Å². The Morgan fingerprint density at radius 1 is 1.18 bits per heavy atom. The highest BCUT2D eigenvalue weighted by Gasteiger charge is 2.30. The van der Waals surface area contributed by atoms with Gasteiger partial charge in [0.05, 0.1) is 0 Å². The second-order valence-electron chi connectivity index (χ2n) is 3.45. The molecule has 0 aliphatic rings. The van der Waals surface area contributed by atoms with E-state index in [9.17, 15) is 13.2 Å². The third-order valence-corrected chi connectivity index (χ3v) is 2.00. The Morgan fingerprint density at radius 2 is 1.82 bits per heavy atom. The highest BCUT2D eigenvalue weighted by atomic mass is 19.4. The third kappa shape index (κ3) is 6.13. The molecule has 1 aromatic carbocycles. The lowest BCUT2D eigenvalue weighted by atomic mass is 10.2. The van der Waals surface area contributed by atoms with Gasteiger partial charge in [0.25, 0.3) is 0 Å². The van der Waals surface area contributed by atoms with Crippen LogP contribution in [0.3, 0.4) is 0 Å². The van der Waals surface area contributed by atoms with Gasteiger partial charge in [0.15, 0.2) is 0 Å². The quantitative estimate of drug-likeness (QED) is 0.758. The zero-order valence-electron chi connectivity index (χ0n) is 9.13. The minimum Gasteiger partial charge on any atom is -0.406 e. The van der Waals surface area contributed by atoms with Crippen LogP contribution in [0.15, 0.2) is 24.3 Å². The summed E-state index contributed by atoms with van der Waals surface area (Å²) in [6.45, 7) is 1.33. The van der Waals surface area contributed by atoms with Gasteiger partial charge in [-0.1, -0.05) is 12.1 Å². The molecule has 0 fully saturated rings. The molecule has 0 saturated carbocycles. The zero-order valence-corrected chi connectivity index (χ0v) is 9.13. The summed E-state index contributed by atoms with van der Waals surface area (Å²) in [5.74, 6) is -0.225. The third-order valence-electron chi connectivity index (χ3n) is 2.00. The van der Waals surface area contributed by atoms with Crippen LogP contribution in [-0.4, -0.2) is 24.6 Å². The summed E-state index contributed by atoms with van der Waals surface area (Å²) < 4.78 is 39.4. The Morgan fingerprint density at radius 3 is 2.35 bits per heavy atom. The smallest absolute Gasteiger partial charge is 0.406 e. The number of hydrogen-bond donors (Lipinski definition) is 2. The fourth-order valence-electron chi connectivity index (χ4n) is 1.25. The standard InChI is InChI=1S/C11H14F3NO2/c12-11(13,14)17-10-4-2-9(3-5-10)8-15-6-1-7-16/h2-5,15-16H,1,6-8H2. The largest absolute Gasteiger partial charge is 0.573 e. The summed E-state index contributed by atoms with van der Waals surface area (Å²) in [7, 11) is 0. The molecule has 17 heavy (non-hydrogen) atoms. The fraction of sp³-hybridized carbons (Fsp3) is 0.455. The molecule has 0 radical (unpaired) electrons. The average Bonchev–Trinajstić information content (AvgIpc) is 2.25. The first-order valence-electron chi connectivity index (χ1n) is 5.17. The number of halogens is 3. The van der Waals surface area contributed by atoms with Crippen LogP contribution in [0.2, 0.25) is 0 Å². The first-order chi connectivity index (χ1) is 8.01. The summed E-state index contributed by atoms with van der Waals surface area (Å²) >= 11 is 0. The van der Waals surface area contributed by atoms with Crippen LogP contribution < -0.4 is 10.1 Å². The molecule has 3 nitrogen and oxygen atoms in total. The van der Waals surface area contributed by atoms with E-state index in [2.05, 4.69) is 10.1 Å². The van der Waals surface area contributed by atoms with Gasteiger partial charge in [0.1, 0.15) is 5.75 Å². The molecule has 0 aliphatic heterocycles. The molecule has 2 N–H and O–H groups in total. The maximum absolute atomic E-state index is 11.9. The van der Waals surface area contributed by atoms with Gasteiger partial charge in [0.2, 0.25) is 0 Å². The Labute approximate surface area is 97.2 Å². The molecule has 0 aromatic heterocycles. The van der Waals surface area contributed by atoms with Crippen LogP contribution in [0.1, 0.15) is 12.0 Å². The highest BCUT2D eigenvalue weighted by Crippen LogP contribution is 2.22. The van der Waals surface area contributed by atoms with Crippen molar-refractivity contribution in [1.82, 2.24) is 5.32 Å². The van der Waals surface area contributed by atoms with E-state index in [0.29, 0.717) is 19.5 Å². The number of ether oxygens (including phenoxy) is 1. The predicted molar refractivity (Wildman–Crippen MR) is 56.5 cm³/mol. The molecule has 0 amide bonds. The average molecular weight is 249 g/mol. The Balaban J connectivity index is 2.39. The maximum Gasteiger partial charge on any atom is 0.573 e. The van der Waals surface area contributed by atoms with Crippen molar-refractivity contribution < 1.29 is 23.0 Å². The van der Waals surface area contributed by atoms with Crippen molar-refractivity contribution in [3.63, 3.8) is 0 Å². The van der Waals surface area contributed by atoms with E-state index in [1.54, 1.807) is 12.1 Å². The van der Waals surface area contributed by atoms with Gasteiger partial charge in [-0.15, -0.1) is 13.2 Å². The number of aliphatic hydroxyl groups is 1. The van der Waals surface area contributed by atoms with Gasteiger partial charge in [-0.05, 0) is 30.7 Å². The molecule has 0 unspecified atom stereocenters. The lowest BCUT2D eigenvalue weighted by Gasteiger charge is -2.09. The van der Waals surface area contributed by atoms with Crippen molar-refractivity contribution in [2.24, 2.45) is 0 Å². The fourth-order valence-corrected chi connectivity index (χ4v) is 1.25. The number of nitrogens with one attached hydrogen (secondary N) is 1. The minimum atomic E-state index is -4.65. The van der Waals surface area contributed by atoms with Gasteiger partial charge in [-0.25, -0.2) is 0 Å². The minimum absolute atomic E-state index is 0.116. The Kier molecular flexibility index (Phi) is 5.24. The molecule has 0 aliphatic carbocycles. The van der Waals surface area contributed by atoms with Crippen molar-refractivity contribution in [1.29, 1.82) is 0 Å². The van der Waals surface area contributed by atoms with Crippen LogP contribution >= 0.6 is 0 Å². The first kappa shape index (κ1) is 13.8. The predicted octanol–water partition coefficient (Wildman–Crippen LogP) is 2.06. The van der Waals surface area contributed by atoms with E-state index in [0.717, 1.165) is 5.56 Å². The van der Waals surface area contributed by atoms with Gasteiger partial charge >= 0.3 is 6.36 Å². The van der Waals surface area contributed by atoms with Crippen molar-refractivity contribution >= 4 is 0 Å². The number of aliphatic hydroxyl groups excluding tert-OH is 1. The Bertz CT molecular complexity index is 324. The normalized spacial score (nSPS) is 11.5. The topological polar surface area (TPSA) is 41.5 Å². The molecule has 0 bridgehead atoms. The Hall–Kier alpha value is -1.27. The summed E-state index contributed by atoms with van der Waals surface area (Å²) in [6, 6.07) is 5.67. The second kappa shape index (κ2) is 6.46. The van der Waals surface area contributed by atoms with Crippen molar-refractivity contribution in [3.05, 3.63) is 29.8 Å². The van der Waals surface area contributed by atoms with Crippen LogP contribution in [0, 0.1) is 0 Å². The molecule has 0 atom stereocenters. The van der Waals surface area contributed by atoms with Gasteiger partial charge in [-0.2, -0.15) is 0 Å². The molecular formula is C11H14F3NO2. The molecule has 1 rings (SSSR count). The van der Waals surface area contributed by atoms with Crippen LogP contribution in [-0.2, 0) is 6.54 Å². The van der Waals surface area contributed by atoms with Gasteiger partial charge < -0.3 is 15.2 Å². The van der Waals surface area contributed by atoms with Gasteiger partial charge in [0, 0.05) is 13.2 Å². The monoisotopic (exact) mass is 249 g/mol. The van der Waals surface area contributed by atoms with Crippen LogP contribution in [0.4, 0.5) is 13.2 Å². The second-order valence-corrected chi connectivity index (χ2v) is 3.45. The molecule has 96 valence electrons. The molecule has 6 heteroatoms. The van der Waals surface area contributed by atoms with Gasteiger partial charge in [-0.3, -0.25) is 0 Å². The van der Waals surface area contributed by atoms with E-state index in [-0.39, 0.29) is 12.4 Å². The number of alkyl halides is 3. The molecule has 1 aromatic rings. The van der Waals surface area contributed by atoms with E-state index < -0.39 is 6.36 Å². The first-order valence-corrected chi connectivity index (χ1v) is 5.17. The number of hydrogen-bond acceptors (Lipinski definition) is 3. The molecule has 0 spiro atoms. The zero-order chi connectivity index (χ0) is 12.7. The lowest BCUT2D eigenvalue weighted by Crippen LogP contribution is -2.17. The molecule has 0 heterocycles. The van der Waals surface area contributed by atoms with Crippen LogP contribution in [0.5, 0.6) is 5.75 Å². The van der Waals surface area contributed by atoms with Crippen molar-refractivity contribution in [2.75, 3.05) is 13.2 Å². The number of benzene rings is 1. The summed E-state index contributed by atoms with van der Waals surface area (Å²) in [6.07, 6.45) is -4.00. The maximum atomic E-state index is 11.9. The summed E-state index contributed by atoms with van der Waals surface area (Å²) in [5.41, 5.74) is 0.859. The molecule has 0 saturated heterocycles. The van der Waals surface area contributed by atoms with Crippen LogP contribution in [0.25, 0.3) is 0 Å². The van der Waals surface area contributed by atoms with E-state index >= 15 is 0 Å². The molecular weight excluding hydrogens is 235 g/mol. The lowest BCUT2D eigenvalue weighted by molar-refractivity contribution is -0.274. The summed E-state index contributed by atoms with van der Waals surface area (Å²) in [5, 5.41) is 11.6.